The maximum atomic E-state index is 12.4. The molecule has 7 nitrogen and oxygen atoms in total. The van der Waals surface area contributed by atoms with Gasteiger partial charge < -0.3 is 19.5 Å². The molecule has 1 fully saturated rings. The number of hydrogen-bond donors (Lipinski definition) is 1. The van der Waals surface area contributed by atoms with Gasteiger partial charge in [-0.25, -0.2) is 9.59 Å². The molecule has 7 heteroatoms. The Morgan fingerprint density at radius 3 is 2.83 bits per heavy atom. The summed E-state index contributed by atoms with van der Waals surface area (Å²) in [5.41, 5.74) is 1.02. The van der Waals surface area contributed by atoms with Crippen LogP contribution >= 0.6 is 0 Å². The number of piperidine rings is 1. The zero-order valence-electron chi connectivity index (χ0n) is 13.3. The number of hydrogen-bond acceptors (Lipinski definition) is 4. The second kappa shape index (κ2) is 6.06. The average Bonchev–Trinajstić information content (AvgIpc) is 2.54. The van der Waals surface area contributed by atoms with Gasteiger partial charge in [0, 0.05) is 37.3 Å². The van der Waals surface area contributed by atoms with Crippen molar-refractivity contribution in [3.05, 3.63) is 34.2 Å². The van der Waals surface area contributed by atoms with Gasteiger partial charge in [0.15, 0.2) is 0 Å². The first-order valence-corrected chi connectivity index (χ1v) is 7.82. The van der Waals surface area contributed by atoms with Crippen LogP contribution in [0.4, 0.5) is 4.79 Å². The maximum Gasteiger partial charge on any atom is 0.328 e. The SMILES string of the molecule is COC(=O)[C@H](C)NC(=O)N1CC2CC(C1)c1cccc(=O)n1C2. The van der Waals surface area contributed by atoms with E-state index >= 15 is 0 Å². The highest BCUT2D eigenvalue weighted by Crippen LogP contribution is 2.34. The molecule has 1 aromatic heterocycles. The second-order valence-electron chi connectivity index (χ2n) is 6.30. The number of carbonyl (C=O) groups excluding carboxylic acids is 2. The monoisotopic (exact) mass is 319 g/mol. The van der Waals surface area contributed by atoms with Crippen LogP contribution in [0.1, 0.15) is 25.0 Å². The molecule has 0 radical (unpaired) electrons. The van der Waals surface area contributed by atoms with Crippen LogP contribution < -0.4 is 10.9 Å². The first kappa shape index (κ1) is 15.6. The van der Waals surface area contributed by atoms with Gasteiger partial charge in [0.2, 0.25) is 0 Å². The highest BCUT2D eigenvalue weighted by molar-refractivity contribution is 5.83. The van der Waals surface area contributed by atoms with E-state index in [-0.39, 0.29) is 23.4 Å². The highest BCUT2D eigenvalue weighted by Gasteiger charge is 2.36. The number of methoxy groups -OCH3 is 1. The Hall–Kier alpha value is -2.31. The van der Waals surface area contributed by atoms with Crippen molar-refractivity contribution >= 4 is 12.0 Å². The third-order valence-electron chi connectivity index (χ3n) is 4.66. The maximum absolute atomic E-state index is 12.4. The number of urea groups is 1. The molecule has 3 heterocycles. The summed E-state index contributed by atoms with van der Waals surface area (Å²) in [7, 11) is 1.30. The summed E-state index contributed by atoms with van der Waals surface area (Å²) in [6.07, 6.45) is 0.986. The molecule has 1 N–H and O–H groups in total. The van der Waals surface area contributed by atoms with Crippen LogP contribution in [0.15, 0.2) is 23.0 Å². The van der Waals surface area contributed by atoms with Gasteiger partial charge in [-0.05, 0) is 25.3 Å². The van der Waals surface area contributed by atoms with Gasteiger partial charge in [-0.1, -0.05) is 6.07 Å². The van der Waals surface area contributed by atoms with Crippen molar-refractivity contribution in [2.24, 2.45) is 5.92 Å². The number of amides is 2. The van der Waals surface area contributed by atoms with E-state index in [1.807, 2.05) is 10.6 Å². The number of likely N-dealkylation sites (tertiary alicyclic amines) is 1. The Kier molecular flexibility index (Phi) is 4.11. The number of aromatic nitrogens is 1. The summed E-state index contributed by atoms with van der Waals surface area (Å²) in [5, 5.41) is 2.67. The van der Waals surface area contributed by atoms with Crippen molar-refractivity contribution in [3.63, 3.8) is 0 Å². The van der Waals surface area contributed by atoms with Crippen LogP contribution in [0.2, 0.25) is 0 Å². The molecule has 2 bridgehead atoms. The smallest absolute Gasteiger partial charge is 0.328 e. The molecule has 23 heavy (non-hydrogen) atoms. The number of rotatable bonds is 2. The molecule has 1 aromatic rings. The molecular weight excluding hydrogens is 298 g/mol. The zero-order chi connectivity index (χ0) is 16.6. The summed E-state index contributed by atoms with van der Waals surface area (Å²) in [6.45, 7) is 3.39. The molecule has 2 unspecified atom stereocenters. The molecule has 0 aliphatic carbocycles. The predicted octanol–water partition coefficient (Wildman–Crippen LogP) is 0.538. The lowest BCUT2D eigenvalue weighted by Gasteiger charge is -2.42. The van der Waals surface area contributed by atoms with Gasteiger partial charge >= 0.3 is 12.0 Å². The largest absolute Gasteiger partial charge is 0.467 e. The van der Waals surface area contributed by atoms with E-state index < -0.39 is 12.0 Å². The van der Waals surface area contributed by atoms with E-state index in [2.05, 4.69) is 10.1 Å². The molecule has 1 saturated heterocycles. The van der Waals surface area contributed by atoms with E-state index in [1.54, 1.807) is 24.0 Å². The van der Waals surface area contributed by atoms with Crippen molar-refractivity contribution in [1.29, 1.82) is 0 Å². The van der Waals surface area contributed by atoms with Crippen LogP contribution in [0.25, 0.3) is 0 Å². The van der Waals surface area contributed by atoms with Crippen molar-refractivity contribution < 1.29 is 14.3 Å². The van der Waals surface area contributed by atoms with Gasteiger partial charge in [0.05, 0.1) is 7.11 Å². The van der Waals surface area contributed by atoms with E-state index in [0.29, 0.717) is 19.6 Å². The predicted molar refractivity (Wildman–Crippen MR) is 83.1 cm³/mol. The summed E-state index contributed by atoms with van der Waals surface area (Å²) in [4.78, 5) is 37.5. The van der Waals surface area contributed by atoms with Gasteiger partial charge in [-0.2, -0.15) is 0 Å². The summed E-state index contributed by atoms with van der Waals surface area (Å²) < 4.78 is 6.45. The molecule has 0 aromatic carbocycles. The molecule has 3 rings (SSSR count). The van der Waals surface area contributed by atoms with Crippen molar-refractivity contribution in [3.8, 4) is 0 Å². The Labute approximate surface area is 134 Å². The topological polar surface area (TPSA) is 80.6 Å². The minimum Gasteiger partial charge on any atom is -0.467 e. The van der Waals surface area contributed by atoms with Gasteiger partial charge in [-0.3, -0.25) is 4.79 Å². The van der Waals surface area contributed by atoms with E-state index in [9.17, 15) is 14.4 Å². The molecule has 2 amide bonds. The fourth-order valence-electron chi connectivity index (χ4n) is 3.57. The van der Waals surface area contributed by atoms with E-state index in [1.165, 1.54) is 7.11 Å². The third-order valence-corrected chi connectivity index (χ3v) is 4.66. The lowest BCUT2D eigenvalue weighted by Crippen LogP contribution is -2.54. The van der Waals surface area contributed by atoms with Crippen molar-refractivity contribution in [2.75, 3.05) is 20.2 Å². The van der Waals surface area contributed by atoms with Crippen molar-refractivity contribution in [2.45, 2.75) is 31.8 Å². The fourth-order valence-corrected chi connectivity index (χ4v) is 3.57. The number of pyridine rings is 1. The molecule has 2 aliphatic heterocycles. The molecule has 0 saturated carbocycles. The third kappa shape index (κ3) is 2.95. The fraction of sp³-hybridized carbons (Fsp3) is 0.562. The van der Waals surface area contributed by atoms with Gasteiger partial charge in [-0.15, -0.1) is 0 Å². The molecular formula is C16H21N3O4. The first-order valence-electron chi connectivity index (χ1n) is 7.82. The van der Waals surface area contributed by atoms with Crippen LogP contribution in [-0.2, 0) is 16.1 Å². The van der Waals surface area contributed by atoms with Gasteiger partial charge in [0.25, 0.3) is 5.56 Å². The minimum absolute atomic E-state index is 0.0226. The van der Waals surface area contributed by atoms with E-state index in [4.69, 9.17) is 0 Å². The Morgan fingerprint density at radius 1 is 1.30 bits per heavy atom. The zero-order valence-corrected chi connectivity index (χ0v) is 13.3. The molecule has 124 valence electrons. The highest BCUT2D eigenvalue weighted by atomic mass is 16.5. The number of ether oxygens (including phenoxy) is 1. The first-order chi connectivity index (χ1) is 11.0. The lowest BCUT2D eigenvalue weighted by atomic mass is 9.83. The van der Waals surface area contributed by atoms with Crippen LogP contribution in [0, 0.1) is 5.92 Å². The quantitative estimate of drug-likeness (QED) is 0.807. The van der Waals surface area contributed by atoms with Gasteiger partial charge in [0.1, 0.15) is 6.04 Å². The number of nitrogens with zero attached hydrogens (tertiary/aromatic N) is 2. The van der Waals surface area contributed by atoms with Crippen LogP contribution in [0.3, 0.4) is 0 Å². The van der Waals surface area contributed by atoms with Crippen molar-refractivity contribution in [1.82, 2.24) is 14.8 Å². The Balaban J connectivity index is 1.74. The summed E-state index contributed by atoms with van der Waals surface area (Å²) >= 11 is 0. The minimum atomic E-state index is -0.677. The van der Waals surface area contributed by atoms with Crippen LogP contribution in [0.5, 0.6) is 0 Å². The number of carbonyl (C=O) groups is 2. The Bertz CT molecular complexity index is 684. The summed E-state index contributed by atoms with van der Waals surface area (Å²) in [6, 6.07) is 4.37. The number of fused-ring (bicyclic) bond motifs is 4. The normalized spacial score (nSPS) is 23.7. The average molecular weight is 319 g/mol. The second-order valence-corrected chi connectivity index (χ2v) is 6.30. The Morgan fingerprint density at radius 2 is 2.09 bits per heavy atom. The summed E-state index contributed by atoms with van der Waals surface area (Å²) in [5.74, 6) is -0.0384. The number of nitrogens with one attached hydrogen (secondary N) is 1. The molecule has 0 spiro atoms. The molecule has 3 atom stereocenters. The standard InChI is InChI=1S/C16H21N3O4/c1-10(15(21)23-2)17-16(22)18-7-11-6-12(9-18)13-4-3-5-14(20)19(13)8-11/h3-5,10-12H,6-9H2,1-2H3,(H,17,22)/t10-,11?,12?/m0/s1. The number of esters is 1. The van der Waals surface area contributed by atoms with E-state index in [0.717, 1.165) is 12.1 Å². The molecule has 2 aliphatic rings. The lowest BCUT2D eigenvalue weighted by molar-refractivity contribution is -0.142. The van der Waals surface area contributed by atoms with Crippen LogP contribution in [-0.4, -0.2) is 47.7 Å².